The van der Waals surface area contributed by atoms with E-state index < -0.39 is 15.6 Å². The van der Waals surface area contributed by atoms with Gasteiger partial charge in [-0.1, -0.05) is 0 Å². The third-order valence-electron chi connectivity index (χ3n) is 0. The molecule has 0 saturated carbocycles. The van der Waals surface area contributed by atoms with Crippen LogP contribution in [0.25, 0.3) is 0 Å². The first-order valence-electron chi connectivity index (χ1n) is 1.57. The second kappa shape index (κ2) is 11.3. The van der Waals surface area contributed by atoms with Gasteiger partial charge < -0.3 is 29.4 Å². The molecule has 13 heavy (non-hydrogen) atoms. The van der Waals surface area contributed by atoms with Crippen molar-refractivity contribution < 1.29 is 61.0 Å². The first-order chi connectivity index (χ1) is 4.00. The predicted molar refractivity (Wildman–Crippen MR) is 39.2 cm³/mol. The zero-order valence-electron chi connectivity index (χ0n) is 5.16. The number of hydrogen-bond donors (Lipinski definition) is 6. The minimum absolute atomic E-state index is 0. The molecule has 0 rings (SSSR count). The van der Waals surface area contributed by atoms with E-state index in [1.165, 1.54) is 0 Å². The molecule has 6 N–H and O–H groups in total. The third kappa shape index (κ3) is 1100. The first-order valence-corrected chi connectivity index (χ1v) is 4.70. The van der Waals surface area contributed by atoms with Crippen LogP contribution in [0.2, 0.25) is 0 Å². The fourth-order valence-electron chi connectivity index (χ4n) is 0. The van der Waals surface area contributed by atoms with Gasteiger partial charge in [0.15, 0.2) is 17.4 Å². The van der Waals surface area contributed by atoms with E-state index in [4.69, 9.17) is 38.5 Å². The van der Waals surface area contributed by atoms with Crippen LogP contribution in [0.4, 0.5) is 0 Å². The van der Waals surface area contributed by atoms with E-state index in [9.17, 15) is 0 Å². The molecule has 0 amide bonds. The molecule has 0 atom stereocenters. The molecule has 2 radical (unpaired) electrons. The van der Waals surface area contributed by atoms with Gasteiger partial charge >= 0.3 is 15.6 Å². The van der Waals surface area contributed by atoms with Crippen LogP contribution in [0.5, 0.6) is 0 Å². The Hall–Kier alpha value is 1.23. The Morgan fingerprint density at radius 3 is 0.692 bits per heavy atom. The standard InChI is InChI=1S/Al.Fe.2H3O4P.O.3H/c;;2*1-5(2,3)4;;;;/h;;2*(H3,1,2,3,4);;;;. The molecule has 0 aromatic carbocycles. The normalized spacial score (nSPS) is 9.08. The fraction of sp³-hybridized carbons (Fsp3) is 0. The van der Waals surface area contributed by atoms with Crippen LogP contribution in [-0.2, 0) is 31.7 Å². The van der Waals surface area contributed by atoms with Crippen molar-refractivity contribution in [3.8, 4) is 0 Å². The average molecular weight is 298 g/mol. The molecule has 84 valence electrons. The SMILES string of the molecule is O=P(O)(O)O.O=P(O)(O)O.[AlH3].[Fe].[O]. The van der Waals surface area contributed by atoms with Crippen molar-refractivity contribution in [2.45, 2.75) is 0 Å². The van der Waals surface area contributed by atoms with Crippen molar-refractivity contribution in [1.82, 2.24) is 0 Å². The number of phosphoric acid groups is 2. The molecule has 0 aliphatic carbocycles. The summed E-state index contributed by atoms with van der Waals surface area (Å²) >= 11 is 0. The summed E-state index contributed by atoms with van der Waals surface area (Å²) in [5.74, 6) is 0. The van der Waals surface area contributed by atoms with Gasteiger partial charge in [-0.25, -0.2) is 9.13 Å². The molecule has 0 heterocycles. The smallest absolute Gasteiger partial charge is 0.303 e. The monoisotopic (exact) mass is 298 g/mol. The van der Waals surface area contributed by atoms with Gasteiger partial charge in [-0.15, -0.1) is 0 Å². The van der Waals surface area contributed by atoms with Crippen LogP contribution in [-0.4, -0.2) is 46.7 Å². The average Bonchev–Trinajstić information content (AvgIpc) is 1.12. The van der Waals surface area contributed by atoms with E-state index in [0.717, 1.165) is 0 Å². The largest absolute Gasteiger partial charge is 0.466 e. The van der Waals surface area contributed by atoms with Gasteiger partial charge in [0.2, 0.25) is 0 Å². The second-order valence-corrected chi connectivity index (χ2v) is 3.08. The summed E-state index contributed by atoms with van der Waals surface area (Å²) in [4.78, 5) is 43.1. The maximum absolute atomic E-state index is 8.88. The fourth-order valence-corrected chi connectivity index (χ4v) is 0. The van der Waals surface area contributed by atoms with E-state index in [0.29, 0.717) is 0 Å². The van der Waals surface area contributed by atoms with Crippen molar-refractivity contribution in [2.24, 2.45) is 0 Å². The van der Waals surface area contributed by atoms with Gasteiger partial charge in [-0.3, -0.25) is 0 Å². The van der Waals surface area contributed by atoms with Crippen molar-refractivity contribution >= 4 is 33.0 Å². The van der Waals surface area contributed by atoms with Gasteiger partial charge in [0, 0.05) is 22.5 Å². The molecular formula is H9AlFeO9P2. The molecular weight excluding hydrogens is 289 g/mol. The summed E-state index contributed by atoms with van der Waals surface area (Å²) in [6.45, 7) is 0. The van der Waals surface area contributed by atoms with Gasteiger partial charge in [0.05, 0.1) is 0 Å². The molecule has 0 bridgehead atoms. The quantitative estimate of drug-likeness (QED) is 0.200. The Bertz CT molecular complexity index is 130. The van der Waals surface area contributed by atoms with Crippen LogP contribution >= 0.6 is 15.6 Å². The van der Waals surface area contributed by atoms with Crippen LogP contribution in [0, 0.1) is 0 Å². The molecule has 0 spiro atoms. The van der Waals surface area contributed by atoms with Crippen molar-refractivity contribution in [2.75, 3.05) is 0 Å². The maximum atomic E-state index is 8.88. The Morgan fingerprint density at radius 2 is 0.692 bits per heavy atom. The van der Waals surface area contributed by atoms with Crippen molar-refractivity contribution in [3.63, 3.8) is 0 Å². The van der Waals surface area contributed by atoms with E-state index in [-0.39, 0.29) is 39.9 Å². The molecule has 13 heteroatoms. The summed E-state index contributed by atoms with van der Waals surface area (Å²) in [5.41, 5.74) is 0. The van der Waals surface area contributed by atoms with Crippen molar-refractivity contribution in [3.05, 3.63) is 0 Å². The molecule has 0 aromatic rings. The summed E-state index contributed by atoms with van der Waals surface area (Å²) in [5, 5.41) is 0. The molecule has 0 aromatic heterocycles. The molecule has 0 aliphatic heterocycles. The summed E-state index contributed by atoms with van der Waals surface area (Å²) in [6, 6.07) is 0. The zero-order chi connectivity index (χ0) is 9.00. The molecule has 9 nitrogen and oxygen atoms in total. The topological polar surface area (TPSA) is 184 Å². The van der Waals surface area contributed by atoms with E-state index in [2.05, 4.69) is 0 Å². The van der Waals surface area contributed by atoms with E-state index >= 15 is 0 Å². The molecule has 0 aliphatic rings. The summed E-state index contributed by atoms with van der Waals surface area (Å²) in [6.07, 6.45) is 0. The van der Waals surface area contributed by atoms with Crippen molar-refractivity contribution in [1.29, 1.82) is 0 Å². The maximum Gasteiger partial charge on any atom is 0.466 e. The minimum Gasteiger partial charge on any atom is -0.303 e. The summed E-state index contributed by atoms with van der Waals surface area (Å²) in [7, 11) is -9.28. The Labute approximate surface area is 94.2 Å². The third-order valence-corrected chi connectivity index (χ3v) is 0. The number of rotatable bonds is 0. The molecule has 0 fully saturated rings. The predicted octanol–water partition coefficient (Wildman–Crippen LogP) is -3.16. The molecule has 0 saturated heterocycles. The van der Waals surface area contributed by atoms with Gasteiger partial charge in [0.1, 0.15) is 0 Å². The van der Waals surface area contributed by atoms with Gasteiger partial charge in [-0.2, -0.15) is 0 Å². The van der Waals surface area contributed by atoms with Crippen LogP contribution in [0.1, 0.15) is 0 Å². The second-order valence-electron chi connectivity index (χ2n) is 1.03. The first kappa shape index (κ1) is 29.2. The molecule has 0 unspecified atom stereocenters. The van der Waals surface area contributed by atoms with Gasteiger partial charge in [-0.05, 0) is 0 Å². The minimum atomic E-state index is -4.64. The van der Waals surface area contributed by atoms with Crippen LogP contribution < -0.4 is 0 Å². The van der Waals surface area contributed by atoms with Crippen LogP contribution in [0.3, 0.4) is 0 Å². The van der Waals surface area contributed by atoms with E-state index in [1.54, 1.807) is 0 Å². The Balaban J connectivity index is -0.0000000267. The number of hydrogen-bond acceptors (Lipinski definition) is 2. The Morgan fingerprint density at radius 1 is 0.692 bits per heavy atom. The van der Waals surface area contributed by atoms with Crippen LogP contribution in [0.15, 0.2) is 0 Å². The zero-order valence-corrected chi connectivity index (χ0v) is 8.05. The summed E-state index contributed by atoms with van der Waals surface area (Å²) < 4.78 is 17.8. The Kier molecular flexibility index (Phi) is 25.4. The van der Waals surface area contributed by atoms with E-state index in [1.807, 2.05) is 0 Å². The van der Waals surface area contributed by atoms with Gasteiger partial charge in [0.25, 0.3) is 0 Å².